The lowest BCUT2D eigenvalue weighted by atomic mass is 9.89. The minimum absolute atomic E-state index is 0.0401. The number of benzene rings is 2. The second-order valence-corrected chi connectivity index (χ2v) is 8.19. The number of piperidine rings is 1. The number of Topliss-reactive ketones (excluding diaryl/α,β-unsaturated/α-hetero) is 1. The first-order valence-electron chi connectivity index (χ1n) is 11.0. The van der Waals surface area contributed by atoms with Gasteiger partial charge in [0.25, 0.3) is 0 Å². The van der Waals surface area contributed by atoms with Gasteiger partial charge in [0.1, 0.15) is 11.9 Å². The summed E-state index contributed by atoms with van der Waals surface area (Å²) >= 11 is 0. The summed E-state index contributed by atoms with van der Waals surface area (Å²) < 4.78 is 40.8. The lowest BCUT2D eigenvalue weighted by Gasteiger charge is -2.28. The Hall–Kier alpha value is -3.64. The van der Waals surface area contributed by atoms with Crippen LogP contribution in [-0.2, 0) is 4.79 Å². The monoisotopic (exact) mass is 511 g/mol. The highest BCUT2D eigenvalue weighted by Gasteiger charge is 2.31. The van der Waals surface area contributed by atoms with E-state index in [0.717, 1.165) is 38.1 Å². The highest BCUT2D eigenvalue weighted by atomic mass is 19.4. The summed E-state index contributed by atoms with van der Waals surface area (Å²) in [6.07, 6.45) is -4.46. The normalized spacial score (nSPS) is 15.2. The number of carboxylic acid groups (broad SMARTS) is 1. The van der Waals surface area contributed by atoms with E-state index in [-0.39, 0.29) is 17.4 Å². The van der Waals surface area contributed by atoms with Crippen molar-refractivity contribution in [1.82, 2.24) is 4.90 Å². The lowest BCUT2D eigenvalue weighted by molar-refractivity contribution is -0.274. The number of nitrogens with zero attached hydrogens (tertiary/aromatic N) is 1. The van der Waals surface area contributed by atoms with Gasteiger partial charge in [0.2, 0.25) is 0 Å². The van der Waals surface area contributed by atoms with Gasteiger partial charge < -0.3 is 30.5 Å². The van der Waals surface area contributed by atoms with Gasteiger partial charge in [-0.3, -0.25) is 4.79 Å². The minimum Gasteiger partial charge on any atom is -0.479 e. The third-order valence-electron chi connectivity index (χ3n) is 5.18. The first-order chi connectivity index (χ1) is 16.8. The number of carbonyl (C=O) groups is 3. The summed E-state index contributed by atoms with van der Waals surface area (Å²) in [5.74, 6) is -1.62. The zero-order chi connectivity index (χ0) is 26.9. The Kier molecular flexibility index (Phi) is 10.2. The molecule has 2 aromatic carbocycles. The maximum absolute atomic E-state index is 12.7. The second kappa shape index (κ2) is 12.9. The van der Waals surface area contributed by atoms with Crippen molar-refractivity contribution in [3.63, 3.8) is 0 Å². The molecule has 9 nitrogen and oxygen atoms in total. The molecule has 1 atom stereocenters. The van der Waals surface area contributed by atoms with Gasteiger partial charge in [-0.25, -0.2) is 9.59 Å². The van der Waals surface area contributed by atoms with E-state index in [1.165, 1.54) is 19.1 Å². The number of nitrogens with one attached hydrogen (secondary N) is 2. The summed E-state index contributed by atoms with van der Waals surface area (Å²) in [4.78, 5) is 36.6. The maximum Gasteiger partial charge on any atom is 0.573 e. The van der Waals surface area contributed by atoms with Crippen molar-refractivity contribution in [2.75, 3.05) is 30.8 Å². The highest BCUT2D eigenvalue weighted by molar-refractivity contribution is 6.02. The van der Waals surface area contributed by atoms with Crippen LogP contribution in [0.25, 0.3) is 0 Å². The van der Waals surface area contributed by atoms with Crippen LogP contribution in [0.2, 0.25) is 0 Å². The Morgan fingerprint density at radius 1 is 1.03 bits per heavy atom. The Morgan fingerprint density at radius 2 is 1.56 bits per heavy atom. The van der Waals surface area contributed by atoms with Crippen LogP contribution in [-0.4, -0.2) is 65.5 Å². The quantitative estimate of drug-likeness (QED) is 0.428. The molecule has 196 valence electrons. The molecule has 0 radical (unpaired) electrons. The number of hydrogen-bond donors (Lipinski definition) is 4. The lowest BCUT2D eigenvalue weighted by Crippen LogP contribution is -2.33. The molecule has 3 rings (SSSR count). The fraction of sp³-hybridized carbons (Fsp3) is 0.375. The Balaban J connectivity index is 0.000000678. The molecule has 4 N–H and O–H groups in total. The molecule has 0 aromatic heterocycles. The van der Waals surface area contributed by atoms with Gasteiger partial charge in [-0.1, -0.05) is 18.2 Å². The van der Waals surface area contributed by atoms with Crippen molar-refractivity contribution in [2.24, 2.45) is 5.92 Å². The van der Waals surface area contributed by atoms with E-state index in [9.17, 15) is 27.6 Å². The summed E-state index contributed by atoms with van der Waals surface area (Å²) in [5.41, 5.74) is 1.06. The maximum atomic E-state index is 12.7. The van der Waals surface area contributed by atoms with Crippen LogP contribution in [0.1, 0.15) is 30.1 Å². The standard InChI is InChI=1S/C21H22F3N3O3.C3H6O3/c1-27-10-8-14(9-11-27)19(28)15-4-2-5-16(12-15)25-20(29)26-17-6-3-7-18(13-17)30-21(22,23)24;1-2(4)3(5)6/h2-7,12-14H,8-11H2,1H3,(H2,25,26,29);2,4H,1H3,(H,5,6). The van der Waals surface area contributed by atoms with Gasteiger partial charge in [-0.2, -0.15) is 0 Å². The zero-order valence-corrected chi connectivity index (χ0v) is 19.7. The first-order valence-corrected chi connectivity index (χ1v) is 11.0. The van der Waals surface area contributed by atoms with Crippen LogP contribution in [0.3, 0.4) is 0 Å². The predicted molar refractivity (Wildman–Crippen MR) is 126 cm³/mol. The van der Waals surface area contributed by atoms with Crippen LogP contribution in [0, 0.1) is 5.92 Å². The molecule has 36 heavy (non-hydrogen) atoms. The Bertz CT molecular complexity index is 1050. The molecule has 0 spiro atoms. The van der Waals surface area contributed by atoms with Crippen LogP contribution in [0.4, 0.5) is 29.3 Å². The van der Waals surface area contributed by atoms with Gasteiger partial charge in [-0.15, -0.1) is 13.2 Å². The van der Waals surface area contributed by atoms with Crippen LogP contribution < -0.4 is 15.4 Å². The number of urea groups is 1. The van der Waals surface area contributed by atoms with Crippen molar-refractivity contribution < 1.29 is 42.5 Å². The first kappa shape index (κ1) is 28.6. The molecular formula is C24H28F3N3O6. The Morgan fingerprint density at radius 3 is 2.08 bits per heavy atom. The molecule has 0 saturated carbocycles. The van der Waals surface area contributed by atoms with Crippen molar-refractivity contribution in [3.05, 3.63) is 54.1 Å². The number of rotatable bonds is 6. The summed E-state index contributed by atoms with van der Waals surface area (Å²) in [7, 11) is 2.02. The number of aliphatic hydroxyl groups excluding tert-OH is 1. The predicted octanol–water partition coefficient (Wildman–Crippen LogP) is 4.21. The topological polar surface area (TPSA) is 128 Å². The number of amides is 2. The van der Waals surface area contributed by atoms with Gasteiger partial charge >= 0.3 is 18.4 Å². The van der Waals surface area contributed by atoms with E-state index in [4.69, 9.17) is 10.2 Å². The van der Waals surface area contributed by atoms with Gasteiger partial charge in [-0.05, 0) is 64.2 Å². The molecule has 1 unspecified atom stereocenters. The van der Waals surface area contributed by atoms with E-state index >= 15 is 0 Å². The molecule has 1 heterocycles. The molecule has 0 aliphatic carbocycles. The molecule has 2 amide bonds. The van der Waals surface area contributed by atoms with E-state index in [2.05, 4.69) is 20.3 Å². The number of halogens is 3. The van der Waals surface area contributed by atoms with Crippen molar-refractivity contribution in [1.29, 1.82) is 0 Å². The molecule has 12 heteroatoms. The Labute approximate surface area is 205 Å². The van der Waals surface area contributed by atoms with E-state index < -0.39 is 30.2 Å². The summed E-state index contributed by atoms with van der Waals surface area (Å²) in [6.45, 7) is 2.93. The van der Waals surface area contributed by atoms with Crippen molar-refractivity contribution in [2.45, 2.75) is 32.2 Å². The molecule has 0 bridgehead atoms. The molecule has 2 aromatic rings. The van der Waals surface area contributed by atoms with Crippen molar-refractivity contribution in [3.8, 4) is 5.75 Å². The van der Waals surface area contributed by atoms with Gasteiger partial charge in [0.05, 0.1) is 0 Å². The number of ketones is 1. The summed E-state index contributed by atoms with van der Waals surface area (Å²) in [5, 5.41) is 20.8. The van der Waals surface area contributed by atoms with Gasteiger partial charge in [0.15, 0.2) is 5.78 Å². The molecular weight excluding hydrogens is 483 g/mol. The SMILES string of the molecule is CC(O)C(=O)O.CN1CCC(C(=O)c2cccc(NC(=O)Nc3cccc(OC(F)(F)F)c3)c2)CC1. The number of likely N-dealkylation sites (tertiary alicyclic amines) is 1. The van der Waals surface area contributed by atoms with E-state index in [0.29, 0.717) is 11.3 Å². The van der Waals surface area contributed by atoms with E-state index in [1.54, 1.807) is 24.3 Å². The number of alkyl halides is 3. The smallest absolute Gasteiger partial charge is 0.479 e. The molecule has 1 aliphatic heterocycles. The summed E-state index contributed by atoms with van der Waals surface area (Å²) in [6, 6.07) is 10.9. The highest BCUT2D eigenvalue weighted by Crippen LogP contribution is 2.26. The average molecular weight is 511 g/mol. The van der Waals surface area contributed by atoms with Crippen molar-refractivity contribution >= 4 is 29.2 Å². The second-order valence-electron chi connectivity index (χ2n) is 8.19. The van der Waals surface area contributed by atoms with Crippen LogP contribution in [0.15, 0.2) is 48.5 Å². The third kappa shape index (κ3) is 9.92. The fourth-order valence-corrected chi connectivity index (χ4v) is 3.32. The third-order valence-corrected chi connectivity index (χ3v) is 5.18. The number of ether oxygens (including phenoxy) is 1. The van der Waals surface area contributed by atoms with Gasteiger partial charge in [0, 0.05) is 28.9 Å². The number of carboxylic acids is 1. The number of hydrogen-bond acceptors (Lipinski definition) is 6. The van der Waals surface area contributed by atoms with E-state index in [1.807, 2.05) is 7.05 Å². The fourth-order valence-electron chi connectivity index (χ4n) is 3.32. The number of anilines is 2. The molecule has 1 aliphatic rings. The van der Waals surface area contributed by atoms with Crippen LogP contribution >= 0.6 is 0 Å². The van der Waals surface area contributed by atoms with Crippen LogP contribution in [0.5, 0.6) is 5.75 Å². The largest absolute Gasteiger partial charge is 0.573 e. The average Bonchev–Trinajstić information content (AvgIpc) is 2.78. The number of aliphatic carboxylic acids is 1. The zero-order valence-electron chi connectivity index (χ0n) is 19.7. The minimum atomic E-state index is -4.82. The molecule has 1 fully saturated rings. The molecule has 1 saturated heterocycles. The number of carbonyl (C=O) groups excluding carboxylic acids is 2. The number of aliphatic hydroxyl groups is 1.